The van der Waals surface area contributed by atoms with Crippen molar-refractivity contribution in [2.24, 2.45) is 0 Å². The molecule has 0 fully saturated rings. The first-order valence-electron chi connectivity index (χ1n) is 8.79. The van der Waals surface area contributed by atoms with Crippen molar-refractivity contribution in [2.75, 3.05) is 0 Å². The lowest BCUT2D eigenvalue weighted by Crippen LogP contribution is -2.03. The summed E-state index contributed by atoms with van der Waals surface area (Å²) in [4.78, 5) is 0. The molecule has 1 rings (SSSR count). The van der Waals surface area contributed by atoms with E-state index in [4.69, 9.17) is 0 Å². The van der Waals surface area contributed by atoms with E-state index >= 15 is 0 Å². The van der Waals surface area contributed by atoms with Gasteiger partial charge in [0.15, 0.2) is 0 Å². The zero-order chi connectivity index (χ0) is 14.8. The predicted molar refractivity (Wildman–Crippen MR) is 91.6 cm³/mol. The highest BCUT2D eigenvalue weighted by molar-refractivity contribution is 5.32. The van der Waals surface area contributed by atoms with Gasteiger partial charge in [-0.05, 0) is 35.8 Å². The minimum Gasteiger partial charge on any atom is -0.0654 e. The van der Waals surface area contributed by atoms with Crippen molar-refractivity contribution in [3.63, 3.8) is 0 Å². The number of unbranched alkanes of at least 4 members (excludes halogenated alkanes) is 4. The Bertz CT molecular complexity index is 318. The largest absolute Gasteiger partial charge is 0.0654 e. The lowest BCUT2D eigenvalue weighted by Gasteiger charge is -2.21. The molecule has 0 aliphatic rings. The maximum absolute atomic E-state index is 2.41. The fraction of sp³-hybridized carbons (Fsp3) is 0.700. The summed E-state index contributed by atoms with van der Waals surface area (Å²) in [6.45, 7) is 9.39. The number of hydrogen-bond donors (Lipinski definition) is 0. The standard InChI is InChI=1S/C20H34/c1-5-7-9-13-17(3)19-15-11-12-16-20(19)18(4)14-10-8-6-2/h11-12,15-18H,5-10,13-14H2,1-4H3. The highest BCUT2D eigenvalue weighted by Crippen LogP contribution is 2.32. The van der Waals surface area contributed by atoms with E-state index in [2.05, 4.69) is 52.0 Å². The van der Waals surface area contributed by atoms with Gasteiger partial charge in [0.05, 0.1) is 0 Å². The molecule has 1 aromatic carbocycles. The average molecular weight is 274 g/mol. The quantitative estimate of drug-likeness (QED) is 0.401. The second-order valence-corrected chi connectivity index (χ2v) is 6.42. The second-order valence-electron chi connectivity index (χ2n) is 6.42. The summed E-state index contributed by atoms with van der Waals surface area (Å²) in [5, 5.41) is 0. The molecule has 114 valence electrons. The zero-order valence-corrected chi connectivity index (χ0v) is 14.1. The van der Waals surface area contributed by atoms with Crippen LogP contribution in [0.4, 0.5) is 0 Å². The van der Waals surface area contributed by atoms with Crippen molar-refractivity contribution in [1.29, 1.82) is 0 Å². The summed E-state index contributed by atoms with van der Waals surface area (Å²) >= 11 is 0. The molecule has 2 atom stereocenters. The Morgan fingerprint density at radius 3 is 1.45 bits per heavy atom. The summed E-state index contributed by atoms with van der Waals surface area (Å²) in [6, 6.07) is 9.16. The topological polar surface area (TPSA) is 0 Å². The van der Waals surface area contributed by atoms with Crippen LogP contribution in [0, 0.1) is 0 Å². The molecule has 1 aromatic rings. The molecule has 0 aliphatic heterocycles. The first-order valence-corrected chi connectivity index (χ1v) is 8.79. The van der Waals surface area contributed by atoms with E-state index in [9.17, 15) is 0 Å². The van der Waals surface area contributed by atoms with Crippen LogP contribution in [0.1, 0.15) is 102 Å². The minimum atomic E-state index is 0.714. The Balaban J connectivity index is 2.66. The van der Waals surface area contributed by atoms with Gasteiger partial charge in [-0.15, -0.1) is 0 Å². The molecule has 0 amide bonds. The van der Waals surface area contributed by atoms with Gasteiger partial charge in [0, 0.05) is 0 Å². The van der Waals surface area contributed by atoms with Crippen LogP contribution in [-0.2, 0) is 0 Å². The van der Waals surface area contributed by atoms with Gasteiger partial charge in [-0.3, -0.25) is 0 Å². The molecule has 0 heterocycles. The van der Waals surface area contributed by atoms with E-state index in [0.717, 1.165) is 0 Å². The lowest BCUT2D eigenvalue weighted by molar-refractivity contribution is 0.569. The van der Waals surface area contributed by atoms with E-state index in [1.54, 1.807) is 11.1 Å². The molecule has 2 unspecified atom stereocenters. The molecule has 0 heteroatoms. The molecule has 0 N–H and O–H groups in total. The lowest BCUT2D eigenvalue weighted by atomic mass is 9.84. The molecule has 0 aliphatic carbocycles. The van der Waals surface area contributed by atoms with Crippen molar-refractivity contribution in [3.05, 3.63) is 35.4 Å². The van der Waals surface area contributed by atoms with Gasteiger partial charge in [0.2, 0.25) is 0 Å². The Hall–Kier alpha value is -0.780. The van der Waals surface area contributed by atoms with Crippen molar-refractivity contribution in [3.8, 4) is 0 Å². The number of rotatable bonds is 10. The zero-order valence-electron chi connectivity index (χ0n) is 14.1. The third kappa shape index (κ3) is 5.69. The third-order valence-corrected chi connectivity index (χ3v) is 4.54. The Labute approximate surface area is 127 Å². The maximum Gasteiger partial charge on any atom is -0.0188 e. The van der Waals surface area contributed by atoms with Gasteiger partial charge in [-0.2, -0.15) is 0 Å². The van der Waals surface area contributed by atoms with Gasteiger partial charge < -0.3 is 0 Å². The van der Waals surface area contributed by atoms with Crippen LogP contribution >= 0.6 is 0 Å². The van der Waals surface area contributed by atoms with Crippen molar-refractivity contribution >= 4 is 0 Å². The molecule has 0 saturated heterocycles. The summed E-state index contributed by atoms with van der Waals surface area (Å²) in [5.74, 6) is 1.43. The van der Waals surface area contributed by atoms with Crippen molar-refractivity contribution < 1.29 is 0 Å². The van der Waals surface area contributed by atoms with Crippen LogP contribution in [0.3, 0.4) is 0 Å². The first-order chi connectivity index (χ1) is 9.70. The summed E-state index contributed by atoms with van der Waals surface area (Å²) in [5.41, 5.74) is 3.21. The molecule has 0 radical (unpaired) electrons. The molecule has 0 bridgehead atoms. The third-order valence-electron chi connectivity index (χ3n) is 4.54. The van der Waals surface area contributed by atoms with Crippen LogP contribution in [0.15, 0.2) is 24.3 Å². The van der Waals surface area contributed by atoms with E-state index < -0.39 is 0 Å². The first kappa shape index (κ1) is 17.3. The van der Waals surface area contributed by atoms with Crippen LogP contribution in [0.5, 0.6) is 0 Å². The Kier molecular flexibility index (Phi) is 8.65. The summed E-state index contributed by atoms with van der Waals surface area (Å²) in [6.07, 6.45) is 10.8. The van der Waals surface area contributed by atoms with Crippen LogP contribution in [-0.4, -0.2) is 0 Å². The maximum atomic E-state index is 2.41. The molecule has 0 saturated carbocycles. The summed E-state index contributed by atoms with van der Waals surface area (Å²) in [7, 11) is 0. The molecule has 0 aromatic heterocycles. The van der Waals surface area contributed by atoms with E-state index in [0.29, 0.717) is 11.8 Å². The Morgan fingerprint density at radius 1 is 0.700 bits per heavy atom. The number of hydrogen-bond acceptors (Lipinski definition) is 0. The van der Waals surface area contributed by atoms with Crippen LogP contribution in [0.2, 0.25) is 0 Å². The predicted octanol–water partition coefficient (Wildman–Crippen LogP) is 7.05. The van der Waals surface area contributed by atoms with E-state index in [1.165, 1.54) is 51.4 Å². The Morgan fingerprint density at radius 2 is 1.10 bits per heavy atom. The van der Waals surface area contributed by atoms with Gasteiger partial charge in [-0.25, -0.2) is 0 Å². The van der Waals surface area contributed by atoms with Crippen LogP contribution in [0.25, 0.3) is 0 Å². The minimum absolute atomic E-state index is 0.714. The molecule has 20 heavy (non-hydrogen) atoms. The second kappa shape index (κ2) is 10.0. The van der Waals surface area contributed by atoms with Gasteiger partial charge >= 0.3 is 0 Å². The normalized spacial score (nSPS) is 14.2. The SMILES string of the molecule is CCCCCC(C)c1ccccc1C(C)CCCCC. The highest BCUT2D eigenvalue weighted by Gasteiger charge is 2.14. The highest BCUT2D eigenvalue weighted by atomic mass is 14.2. The average Bonchev–Trinajstić information content (AvgIpc) is 2.47. The van der Waals surface area contributed by atoms with Crippen molar-refractivity contribution in [1.82, 2.24) is 0 Å². The van der Waals surface area contributed by atoms with Crippen molar-refractivity contribution in [2.45, 2.75) is 90.9 Å². The fourth-order valence-corrected chi connectivity index (χ4v) is 3.12. The van der Waals surface area contributed by atoms with Gasteiger partial charge in [0.25, 0.3) is 0 Å². The van der Waals surface area contributed by atoms with Gasteiger partial charge in [0.1, 0.15) is 0 Å². The van der Waals surface area contributed by atoms with E-state index in [-0.39, 0.29) is 0 Å². The molecule has 0 spiro atoms. The molecular weight excluding hydrogens is 240 g/mol. The van der Waals surface area contributed by atoms with Crippen LogP contribution < -0.4 is 0 Å². The molecular formula is C20H34. The summed E-state index contributed by atoms with van der Waals surface area (Å²) < 4.78 is 0. The van der Waals surface area contributed by atoms with Gasteiger partial charge in [-0.1, -0.05) is 90.5 Å². The smallest absolute Gasteiger partial charge is 0.0188 e. The molecule has 0 nitrogen and oxygen atoms in total. The van der Waals surface area contributed by atoms with E-state index in [1.807, 2.05) is 0 Å². The fourth-order valence-electron chi connectivity index (χ4n) is 3.12. The number of benzene rings is 1. The monoisotopic (exact) mass is 274 g/mol.